The van der Waals surface area contributed by atoms with Crippen molar-refractivity contribution in [1.29, 1.82) is 0 Å². The number of hydrogen-bond donors (Lipinski definition) is 3. The predicted octanol–water partition coefficient (Wildman–Crippen LogP) is 2.77. The van der Waals surface area contributed by atoms with Gasteiger partial charge >= 0.3 is 0 Å². The third-order valence-corrected chi connectivity index (χ3v) is 3.40. The van der Waals surface area contributed by atoms with Crippen LogP contribution in [0.4, 0.5) is 0 Å². The van der Waals surface area contributed by atoms with Crippen LogP contribution in [0.2, 0.25) is 0 Å². The van der Waals surface area contributed by atoms with Crippen LogP contribution in [0.25, 0.3) is 10.9 Å². The van der Waals surface area contributed by atoms with Crippen LogP contribution in [0.5, 0.6) is 0 Å². The van der Waals surface area contributed by atoms with Crippen molar-refractivity contribution in [3.05, 3.63) is 54.2 Å². The highest BCUT2D eigenvalue weighted by Gasteiger charge is 2.17. The fourth-order valence-corrected chi connectivity index (χ4v) is 2.35. The summed E-state index contributed by atoms with van der Waals surface area (Å²) in [6.07, 6.45) is 6.07. The second kappa shape index (κ2) is 5.21. The maximum absolute atomic E-state index is 12.5. The number of carbonyl (C=O) groups excluding carboxylic acids is 1. The molecule has 1 aromatic carbocycles. The van der Waals surface area contributed by atoms with E-state index in [9.17, 15) is 4.79 Å². The molecule has 3 N–H and O–H groups in total. The molecule has 0 aliphatic rings. The Labute approximate surface area is 116 Å². The highest BCUT2D eigenvalue weighted by Crippen LogP contribution is 2.19. The van der Waals surface area contributed by atoms with Gasteiger partial charge in [0.25, 0.3) is 5.91 Å². The summed E-state index contributed by atoms with van der Waals surface area (Å²) in [7, 11) is 0. The molecular weight excluding hydrogens is 252 g/mol. The topological polar surface area (TPSA) is 73.6 Å². The lowest BCUT2D eigenvalue weighted by Gasteiger charge is -2.15. The third-order valence-electron chi connectivity index (χ3n) is 3.40. The number of nitrogens with zero attached hydrogens (tertiary/aromatic N) is 1. The molecule has 2 heterocycles. The average molecular weight is 268 g/mol. The number of aromatic nitrogens is 3. The van der Waals surface area contributed by atoms with Crippen LogP contribution in [0, 0.1) is 0 Å². The maximum Gasteiger partial charge on any atom is 0.252 e. The molecule has 0 bridgehead atoms. The van der Waals surface area contributed by atoms with E-state index in [0.29, 0.717) is 5.56 Å². The van der Waals surface area contributed by atoms with Crippen LogP contribution in [-0.2, 0) is 0 Å². The lowest BCUT2D eigenvalue weighted by atomic mass is 10.1. The largest absolute Gasteiger partial charge is 0.361 e. The fraction of sp³-hybridized carbons (Fsp3) is 0.200. The summed E-state index contributed by atoms with van der Waals surface area (Å²) < 4.78 is 0. The number of benzene rings is 1. The van der Waals surface area contributed by atoms with Crippen LogP contribution < -0.4 is 5.32 Å². The first-order chi connectivity index (χ1) is 9.79. The van der Waals surface area contributed by atoms with E-state index in [2.05, 4.69) is 20.3 Å². The monoisotopic (exact) mass is 268 g/mol. The molecule has 3 rings (SSSR count). The fourth-order valence-electron chi connectivity index (χ4n) is 2.35. The minimum atomic E-state index is -0.105. The van der Waals surface area contributed by atoms with Crippen molar-refractivity contribution in [3.63, 3.8) is 0 Å². The summed E-state index contributed by atoms with van der Waals surface area (Å²) in [6, 6.07) is 7.47. The van der Waals surface area contributed by atoms with E-state index in [1.165, 1.54) is 0 Å². The van der Waals surface area contributed by atoms with Gasteiger partial charge in [0.05, 0.1) is 6.04 Å². The van der Waals surface area contributed by atoms with Crippen molar-refractivity contribution >= 4 is 16.8 Å². The molecule has 0 saturated heterocycles. The lowest BCUT2D eigenvalue weighted by molar-refractivity contribution is 0.0935. The SMILES string of the molecule is CCC(NC(=O)c1cccc2[nH]ccc12)c1ncc[nH]1. The number of imidazole rings is 1. The Bertz CT molecular complexity index is 714. The van der Waals surface area contributed by atoms with E-state index >= 15 is 0 Å². The number of hydrogen-bond acceptors (Lipinski definition) is 2. The van der Waals surface area contributed by atoms with E-state index in [4.69, 9.17) is 0 Å². The van der Waals surface area contributed by atoms with Crippen LogP contribution >= 0.6 is 0 Å². The van der Waals surface area contributed by atoms with Crippen LogP contribution in [0.1, 0.15) is 35.6 Å². The summed E-state index contributed by atoms with van der Waals surface area (Å²) in [5.74, 6) is 0.695. The van der Waals surface area contributed by atoms with Crippen molar-refractivity contribution in [3.8, 4) is 0 Å². The molecule has 0 fully saturated rings. The summed E-state index contributed by atoms with van der Waals surface area (Å²) >= 11 is 0. The molecule has 0 radical (unpaired) electrons. The number of amides is 1. The molecule has 3 aromatic rings. The number of rotatable bonds is 4. The summed E-state index contributed by atoms with van der Waals surface area (Å²) in [5, 5.41) is 3.95. The van der Waals surface area contributed by atoms with Gasteiger partial charge in [0, 0.05) is 35.1 Å². The summed E-state index contributed by atoms with van der Waals surface area (Å²) in [5.41, 5.74) is 1.64. The number of nitrogens with one attached hydrogen (secondary N) is 3. The van der Waals surface area contributed by atoms with E-state index in [-0.39, 0.29) is 11.9 Å². The molecule has 1 atom stereocenters. The Morgan fingerprint density at radius 2 is 2.20 bits per heavy atom. The van der Waals surface area contributed by atoms with Crippen molar-refractivity contribution in [2.45, 2.75) is 19.4 Å². The Hall–Kier alpha value is -2.56. The Kier molecular flexibility index (Phi) is 3.25. The normalized spacial score (nSPS) is 12.4. The molecular formula is C15H16N4O. The number of carbonyl (C=O) groups is 1. The molecule has 5 heteroatoms. The zero-order valence-electron chi connectivity index (χ0n) is 11.2. The Morgan fingerprint density at radius 1 is 1.30 bits per heavy atom. The molecule has 0 aliphatic heterocycles. The predicted molar refractivity (Wildman–Crippen MR) is 77.4 cm³/mol. The first kappa shape index (κ1) is 12.5. The van der Waals surface area contributed by atoms with Gasteiger partial charge in [-0.3, -0.25) is 4.79 Å². The van der Waals surface area contributed by atoms with Gasteiger partial charge in [0.15, 0.2) is 0 Å². The molecule has 0 aliphatic carbocycles. The van der Waals surface area contributed by atoms with Crippen LogP contribution in [0.15, 0.2) is 42.9 Å². The van der Waals surface area contributed by atoms with Gasteiger partial charge in [-0.15, -0.1) is 0 Å². The maximum atomic E-state index is 12.5. The van der Waals surface area contributed by atoms with Crippen LogP contribution in [0.3, 0.4) is 0 Å². The van der Waals surface area contributed by atoms with E-state index < -0.39 is 0 Å². The lowest BCUT2D eigenvalue weighted by Crippen LogP contribution is -2.29. The molecule has 0 saturated carbocycles. The minimum Gasteiger partial charge on any atom is -0.361 e. The van der Waals surface area contributed by atoms with Crippen molar-refractivity contribution in [2.75, 3.05) is 0 Å². The molecule has 1 unspecified atom stereocenters. The van der Waals surface area contributed by atoms with Crippen molar-refractivity contribution < 1.29 is 4.79 Å². The van der Waals surface area contributed by atoms with E-state index in [0.717, 1.165) is 23.1 Å². The van der Waals surface area contributed by atoms with Crippen molar-refractivity contribution in [2.24, 2.45) is 0 Å². The van der Waals surface area contributed by atoms with Gasteiger partial charge in [0.2, 0.25) is 0 Å². The van der Waals surface area contributed by atoms with Crippen molar-refractivity contribution in [1.82, 2.24) is 20.3 Å². The number of fused-ring (bicyclic) bond motifs is 1. The second-order valence-electron chi connectivity index (χ2n) is 4.65. The quantitative estimate of drug-likeness (QED) is 0.680. The van der Waals surface area contributed by atoms with Gasteiger partial charge in [-0.2, -0.15) is 0 Å². The van der Waals surface area contributed by atoms with E-state index in [1.54, 1.807) is 12.4 Å². The molecule has 1 amide bonds. The Balaban J connectivity index is 1.87. The van der Waals surface area contributed by atoms with Gasteiger partial charge in [-0.1, -0.05) is 13.0 Å². The van der Waals surface area contributed by atoms with E-state index in [1.807, 2.05) is 37.4 Å². The smallest absolute Gasteiger partial charge is 0.252 e. The Morgan fingerprint density at radius 3 is 2.95 bits per heavy atom. The van der Waals surface area contributed by atoms with Gasteiger partial charge in [-0.05, 0) is 24.6 Å². The first-order valence-corrected chi connectivity index (χ1v) is 6.66. The number of H-pyrrole nitrogens is 2. The summed E-state index contributed by atoms with van der Waals surface area (Å²) in [4.78, 5) is 22.8. The summed E-state index contributed by atoms with van der Waals surface area (Å²) in [6.45, 7) is 2.02. The average Bonchev–Trinajstić information content (AvgIpc) is 3.14. The van der Waals surface area contributed by atoms with Crippen LogP contribution in [-0.4, -0.2) is 20.9 Å². The highest BCUT2D eigenvalue weighted by molar-refractivity contribution is 6.06. The molecule has 102 valence electrons. The molecule has 0 spiro atoms. The standard InChI is InChI=1S/C15H16N4O/c1-2-12(14-17-8-9-18-14)19-15(20)11-4-3-5-13-10(11)6-7-16-13/h3-9,12,16H,2H2,1H3,(H,17,18)(H,19,20). The third kappa shape index (κ3) is 2.18. The zero-order valence-corrected chi connectivity index (χ0v) is 11.2. The molecule has 2 aromatic heterocycles. The van der Waals surface area contributed by atoms with Gasteiger partial charge in [-0.25, -0.2) is 4.98 Å². The first-order valence-electron chi connectivity index (χ1n) is 6.66. The van der Waals surface area contributed by atoms with Gasteiger partial charge in [0.1, 0.15) is 5.82 Å². The molecule has 5 nitrogen and oxygen atoms in total. The number of aromatic amines is 2. The second-order valence-corrected chi connectivity index (χ2v) is 4.65. The highest BCUT2D eigenvalue weighted by atomic mass is 16.1. The zero-order chi connectivity index (χ0) is 13.9. The molecule has 20 heavy (non-hydrogen) atoms. The minimum absolute atomic E-state index is 0.0848. The van der Waals surface area contributed by atoms with Gasteiger partial charge < -0.3 is 15.3 Å².